The fraction of sp³-hybridized carbons (Fsp3) is 0.579. The van der Waals surface area contributed by atoms with Crippen molar-refractivity contribution in [2.45, 2.75) is 219 Å². The second-order valence-electron chi connectivity index (χ2n) is 36.1. The minimum atomic E-state index is -0.987. The van der Waals surface area contributed by atoms with E-state index >= 15 is 0 Å². The third kappa shape index (κ3) is 23.0. The minimum Gasteiger partial charge on any atom is -0.461 e. The number of rotatable bonds is 18. The Balaban J connectivity index is 0.466. The van der Waals surface area contributed by atoms with Crippen LogP contribution in [0.4, 0.5) is 28.5 Å². The van der Waals surface area contributed by atoms with Crippen molar-refractivity contribution in [3.05, 3.63) is 142 Å². The first-order valence-electron chi connectivity index (χ1n) is 45.9. The molecule has 7 aliphatic heterocycles. The molecule has 32 nitrogen and oxygen atoms in total. The van der Waals surface area contributed by atoms with Gasteiger partial charge in [0.15, 0.2) is 11.2 Å². The Morgan fingerprint density at radius 1 is 0.677 bits per heavy atom. The van der Waals surface area contributed by atoms with Crippen LogP contribution >= 0.6 is 0 Å². The highest BCUT2D eigenvalue weighted by molar-refractivity contribution is 6.38. The summed E-state index contributed by atoms with van der Waals surface area (Å²) in [5.74, 6) is -0.508. The number of esters is 1. The van der Waals surface area contributed by atoms with Gasteiger partial charge < -0.3 is 73.9 Å². The summed E-state index contributed by atoms with van der Waals surface area (Å²) in [6.07, 6.45) is 24.9. The highest BCUT2D eigenvalue weighted by atomic mass is 16.6. The van der Waals surface area contributed by atoms with Crippen molar-refractivity contribution < 1.29 is 66.7 Å². The molecule has 8 aliphatic rings. The van der Waals surface area contributed by atoms with Gasteiger partial charge in [-0.15, -0.1) is 0 Å². The number of nitrogen functional groups attached to an aromatic ring is 2. The summed E-state index contributed by atoms with van der Waals surface area (Å²) in [6.45, 7) is 21.9. The summed E-state index contributed by atoms with van der Waals surface area (Å²) in [7, 11) is 3.28. The maximum atomic E-state index is 14.7. The smallest absolute Gasteiger partial charge is 0.410 e. The fourth-order valence-electron chi connectivity index (χ4n) is 19.4. The van der Waals surface area contributed by atoms with Gasteiger partial charge in [-0.3, -0.25) is 29.0 Å². The van der Waals surface area contributed by atoms with Crippen LogP contribution in [-0.2, 0) is 80.1 Å². The van der Waals surface area contributed by atoms with Crippen LogP contribution in [0.25, 0.3) is 33.4 Å². The van der Waals surface area contributed by atoms with Crippen LogP contribution in [0, 0.1) is 23.7 Å². The van der Waals surface area contributed by atoms with E-state index in [1.807, 2.05) is 92.1 Å². The van der Waals surface area contributed by atoms with E-state index in [0.29, 0.717) is 186 Å². The van der Waals surface area contributed by atoms with E-state index < -0.39 is 48.1 Å². The third-order valence-corrected chi connectivity index (χ3v) is 27.1. The maximum Gasteiger partial charge on any atom is 0.410 e. The molecule has 3 amide bonds. The number of fused-ring (bicyclic) bond motifs is 7. The molecule has 1 saturated carbocycles. The number of methoxy groups -OCH3 is 2. The zero-order valence-electron chi connectivity index (χ0n) is 74.7. The van der Waals surface area contributed by atoms with E-state index in [-0.39, 0.29) is 78.7 Å². The van der Waals surface area contributed by atoms with Gasteiger partial charge in [-0.25, -0.2) is 44.2 Å². The van der Waals surface area contributed by atoms with Gasteiger partial charge in [0.2, 0.25) is 17.7 Å². The molecule has 5 aromatic heterocycles. The Morgan fingerprint density at radius 3 is 2.17 bits per heavy atom. The molecule has 10 atom stereocenters. The number of hydrogen-bond donors (Lipinski definition) is 3. The number of benzene rings is 2. The number of Topliss-reactive ketones (excluding diaryl/α,β-unsaturated/α-hetero) is 2. The molecule has 127 heavy (non-hydrogen) atoms. The van der Waals surface area contributed by atoms with Crippen molar-refractivity contribution in [2.24, 2.45) is 23.7 Å². The number of hydrogen-bond acceptors (Lipinski definition) is 28. The van der Waals surface area contributed by atoms with Crippen LogP contribution in [0.15, 0.2) is 113 Å². The Labute approximate surface area is 743 Å². The summed E-state index contributed by atoms with van der Waals surface area (Å²) >= 11 is 0. The molecule has 15 rings (SSSR count). The number of nitrogens with two attached hydrogens (primary N) is 2. The molecule has 4 saturated heterocycles. The van der Waals surface area contributed by atoms with Crippen molar-refractivity contribution in [2.75, 3.05) is 134 Å². The number of aliphatic hydroxyl groups is 1. The van der Waals surface area contributed by atoms with Gasteiger partial charge >= 0.3 is 12.1 Å². The monoisotopic (exact) mass is 1740 g/mol. The number of piperazine rings is 2. The number of oxazole rings is 1. The Bertz CT molecular complexity index is 5130. The molecular weight excluding hydrogens is 1620 g/mol. The van der Waals surface area contributed by atoms with Crippen molar-refractivity contribution in [1.29, 1.82) is 0 Å². The predicted molar refractivity (Wildman–Crippen MR) is 480 cm³/mol. The summed E-state index contributed by atoms with van der Waals surface area (Å²) in [5.41, 5.74) is 22.7. The van der Waals surface area contributed by atoms with Crippen LogP contribution in [0.2, 0.25) is 0 Å². The molecule has 5 N–H and O–H groups in total. The van der Waals surface area contributed by atoms with Crippen LogP contribution in [0.3, 0.4) is 0 Å². The molecule has 12 heterocycles. The molecule has 2 bridgehead atoms. The van der Waals surface area contributed by atoms with Gasteiger partial charge in [0, 0.05) is 173 Å². The van der Waals surface area contributed by atoms with Gasteiger partial charge in [0.05, 0.1) is 67.4 Å². The van der Waals surface area contributed by atoms with Crippen LogP contribution < -0.4 is 21.3 Å². The lowest BCUT2D eigenvalue weighted by Gasteiger charge is -2.37. The number of allylic oxidation sites excluding steroid dienone is 5. The number of anilines is 4. The van der Waals surface area contributed by atoms with E-state index in [1.165, 1.54) is 16.8 Å². The van der Waals surface area contributed by atoms with E-state index in [0.717, 1.165) is 125 Å². The normalized spacial score (nSPS) is 26.6. The maximum absolute atomic E-state index is 14.7. The molecule has 0 spiro atoms. The molecule has 32 heteroatoms. The van der Waals surface area contributed by atoms with Crippen LogP contribution in [-0.4, -0.2) is 271 Å². The zero-order chi connectivity index (χ0) is 88.8. The number of piperidine rings is 1. The van der Waals surface area contributed by atoms with Crippen molar-refractivity contribution in [3.63, 3.8) is 0 Å². The number of carbonyl (C=O) groups excluding carboxylic acids is 6. The number of ether oxygens (including phenoxy) is 6. The molecule has 2 unspecified atom stereocenters. The zero-order valence-corrected chi connectivity index (χ0v) is 74.7. The number of carbonyl (C=O) groups is 6. The first-order chi connectivity index (χ1) is 61.5. The highest BCUT2D eigenvalue weighted by Crippen LogP contribution is 2.38. The van der Waals surface area contributed by atoms with Gasteiger partial charge in [-0.2, -0.15) is 10.1 Å². The average Bonchev–Trinajstić information content (AvgIpc) is 1.62. The Morgan fingerprint density at radius 2 is 1.42 bits per heavy atom. The first kappa shape index (κ1) is 91.3. The lowest BCUT2D eigenvalue weighted by atomic mass is 9.83. The molecule has 680 valence electrons. The Hall–Kier alpha value is -10.5. The summed E-state index contributed by atoms with van der Waals surface area (Å²) in [4.78, 5) is 131. The molecule has 1 aliphatic carbocycles. The van der Waals surface area contributed by atoms with Crippen LogP contribution in [0.5, 0.6) is 0 Å². The van der Waals surface area contributed by atoms with Gasteiger partial charge in [-0.05, 0) is 162 Å². The minimum absolute atomic E-state index is 0.0127. The molecule has 5 fully saturated rings. The lowest BCUT2D eigenvalue weighted by Crippen LogP contribution is -2.54. The molecular formula is C95H126N18O14. The number of amides is 3. The van der Waals surface area contributed by atoms with Gasteiger partial charge in [0.1, 0.15) is 53.5 Å². The SMILES string of the molecule is CO[C@H]1CC2CCCC(O2)C(=O)C(=O)N2CCCC[C@H]2C(=O)O[C@H](CCC2CCC(OC(=O)N3CCc4nc(N5CCN(CCOCCN6CCN(c7ncc(C(=O)N8CCc9cc(Cn%10nc(-c%11ccc%12oc(N)nc%12c%11)c%11c(N)ncnc%11%10)ccc9C8)cn7)CC6)CC5)ncc4C3)CC2)C[C@@H](OC)[C@H](C)/C=C(\C)[C@@H](O)CC(=O)[C@H](C)C[C@H](C)/C=C/C=CC=C1C. The largest absolute Gasteiger partial charge is 0.461 e. The molecule has 0 radical (unpaired) electrons. The number of aromatic nitrogens is 9. The van der Waals surface area contributed by atoms with Gasteiger partial charge in [-0.1, -0.05) is 75.4 Å². The quantitative estimate of drug-likeness (QED) is 0.0311. The predicted octanol–water partition coefficient (Wildman–Crippen LogP) is 10.7. The third-order valence-electron chi connectivity index (χ3n) is 27.1. The standard InChI is InChI=1S/C95H126N18O14/c1-60-14-9-8-10-15-61(2)82(121-6)50-73-16-13-18-81(124-73)86(116)90(118)112-31-12-11-17-77(112)91(119)125-74(51-83(122-7)64(5)47-63(4)79(115)52-78(114)62(3)46-60)27-22-65-20-25-72(26-21-65)126-95(120)111-33-30-75-71(58-111)55-100-94(104-75)109-40-36-107(37-41-109)43-45-123-44-42-106-34-38-108(39-35-106)93-98-53-70(54-99-93)89(117)110-32-29-67-48-66(19-23-69(67)57-110)56-113-88-84(87(96)101-59-102-88)85(105-113)68-24-28-80-76(49-68)103-92(97)127-80/h8-10,14-15,19,23-24,28,47-49,53-55,59-60,62,64-65,72-74,77,79,81-83,115H,11-13,16-18,20-22,25-27,29-46,50-52,56-58H2,1-7H3,(H2,97,103)(H2,96,101,102)/b10-8?,14-9+,61-15?,63-47+/t60-,62-,64-,65?,72?,73?,74-,77+,79+,81?,82+,83-/m1/s1. The molecule has 7 aromatic rings. The topological polar surface area (TPSA) is 374 Å². The summed E-state index contributed by atoms with van der Waals surface area (Å²) in [5, 5.41) is 17.1. The second-order valence-corrected chi connectivity index (χ2v) is 36.1. The van der Waals surface area contributed by atoms with E-state index in [2.05, 4.69) is 75.7 Å². The van der Waals surface area contributed by atoms with E-state index in [9.17, 15) is 33.9 Å². The van der Waals surface area contributed by atoms with E-state index in [1.54, 1.807) is 31.5 Å². The molecule has 2 aromatic carbocycles. The fourth-order valence-corrected chi connectivity index (χ4v) is 19.4. The summed E-state index contributed by atoms with van der Waals surface area (Å²) < 4.78 is 44.8. The lowest BCUT2D eigenvalue weighted by molar-refractivity contribution is -0.168. The summed E-state index contributed by atoms with van der Waals surface area (Å²) in [6, 6.07) is 11.0. The van der Waals surface area contributed by atoms with Gasteiger partial charge in [0.25, 0.3) is 17.8 Å². The average molecular weight is 1740 g/mol. The number of cyclic esters (lactones) is 1. The highest BCUT2D eigenvalue weighted by Gasteiger charge is 2.43. The van der Waals surface area contributed by atoms with E-state index in [4.69, 9.17) is 59.4 Å². The van der Waals surface area contributed by atoms with Crippen molar-refractivity contribution in [1.82, 2.24) is 69.2 Å². The van der Waals surface area contributed by atoms with Crippen molar-refractivity contribution >= 4 is 81.3 Å². The Kier molecular flexibility index (Phi) is 30.6. The first-order valence-corrected chi connectivity index (χ1v) is 45.9. The van der Waals surface area contributed by atoms with Crippen LogP contribution in [0.1, 0.15) is 176 Å². The number of ketones is 2. The number of nitrogens with zero attached hydrogens (tertiary/aromatic N) is 16. The second kappa shape index (κ2) is 42.6. The number of aliphatic hydroxyl groups excluding tert-OH is 1. The van der Waals surface area contributed by atoms with Crippen molar-refractivity contribution in [3.8, 4) is 11.3 Å².